The summed E-state index contributed by atoms with van der Waals surface area (Å²) in [5.74, 6) is 0.0121. The average Bonchev–Trinajstić information content (AvgIpc) is 2.87. The Balaban J connectivity index is 1.76. The van der Waals surface area contributed by atoms with Crippen LogP contribution in [0.5, 0.6) is 0 Å². The van der Waals surface area contributed by atoms with Crippen LogP contribution in [-0.2, 0) is 9.53 Å². The van der Waals surface area contributed by atoms with Crippen molar-refractivity contribution >= 4 is 12.2 Å². The molecule has 0 aromatic heterocycles. The molecule has 1 aliphatic carbocycles. The van der Waals surface area contributed by atoms with Gasteiger partial charge in [-0.05, 0) is 29.2 Å². The topological polar surface area (TPSA) is 67.8 Å². The van der Waals surface area contributed by atoms with Gasteiger partial charge >= 0.3 is 6.09 Å². The van der Waals surface area contributed by atoms with Crippen molar-refractivity contribution in [2.75, 3.05) is 6.61 Å². The Morgan fingerprint density at radius 1 is 1.17 bits per heavy atom. The number of isocyanates is 1. The smallest absolute Gasteiger partial charge is 0.408 e. The minimum atomic E-state index is -0.650. The SMILES string of the molecule is CC(N=C=O)NC(=O)OCC1c2ccccc2-c2ccccc21. The third-order valence-corrected chi connectivity index (χ3v) is 3.92. The Kier molecular flexibility index (Phi) is 4.22. The van der Waals surface area contributed by atoms with E-state index in [0.717, 1.165) is 11.1 Å². The standard InChI is InChI=1S/C18H16N2O3/c1-12(19-11-21)20-18(22)23-10-17-15-8-4-2-6-13(15)14-7-3-5-9-16(14)17/h2-9,12,17H,10H2,1H3,(H,20,22). The van der Waals surface area contributed by atoms with E-state index >= 15 is 0 Å². The summed E-state index contributed by atoms with van der Waals surface area (Å²) in [6.07, 6.45) is 0.152. The Hall–Kier alpha value is -2.91. The fourth-order valence-electron chi connectivity index (χ4n) is 2.92. The number of nitrogens with zero attached hydrogens (tertiary/aromatic N) is 1. The number of carbonyl (C=O) groups excluding carboxylic acids is 2. The van der Waals surface area contributed by atoms with Crippen LogP contribution < -0.4 is 5.32 Å². The zero-order valence-corrected chi connectivity index (χ0v) is 12.7. The minimum Gasteiger partial charge on any atom is -0.449 e. The van der Waals surface area contributed by atoms with Gasteiger partial charge in [-0.3, -0.25) is 5.32 Å². The molecule has 1 aliphatic rings. The number of nitrogens with one attached hydrogen (secondary N) is 1. The highest BCUT2D eigenvalue weighted by atomic mass is 16.5. The summed E-state index contributed by atoms with van der Waals surface area (Å²) in [5.41, 5.74) is 4.66. The van der Waals surface area contributed by atoms with Crippen molar-refractivity contribution in [2.45, 2.75) is 19.0 Å². The first-order chi connectivity index (χ1) is 11.2. The Morgan fingerprint density at radius 2 is 1.74 bits per heavy atom. The van der Waals surface area contributed by atoms with E-state index in [-0.39, 0.29) is 12.5 Å². The highest BCUT2D eigenvalue weighted by Gasteiger charge is 2.29. The normalized spacial score (nSPS) is 13.4. The molecule has 0 bridgehead atoms. The van der Waals surface area contributed by atoms with Crippen LogP contribution >= 0.6 is 0 Å². The van der Waals surface area contributed by atoms with E-state index in [1.807, 2.05) is 24.3 Å². The third kappa shape index (κ3) is 3.00. The van der Waals surface area contributed by atoms with Crippen molar-refractivity contribution in [3.05, 3.63) is 59.7 Å². The molecule has 1 N–H and O–H groups in total. The van der Waals surface area contributed by atoms with Gasteiger partial charge in [-0.1, -0.05) is 48.5 Å². The summed E-state index contributed by atoms with van der Waals surface area (Å²) in [6, 6.07) is 16.2. The van der Waals surface area contributed by atoms with Gasteiger partial charge in [0.25, 0.3) is 0 Å². The molecule has 2 aromatic rings. The first-order valence-electron chi connectivity index (χ1n) is 7.39. The lowest BCUT2D eigenvalue weighted by atomic mass is 9.98. The Labute approximate surface area is 134 Å². The van der Waals surface area contributed by atoms with Crippen LogP contribution in [0.3, 0.4) is 0 Å². The first-order valence-corrected chi connectivity index (χ1v) is 7.39. The second kappa shape index (κ2) is 6.46. The number of alkyl carbamates (subject to hydrolysis) is 1. The van der Waals surface area contributed by atoms with Crippen LogP contribution in [0.25, 0.3) is 11.1 Å². The molecule has 0 saturated carbocycles. The molecule has 2 aromatic carbocycles. The highest BCUT2D eigenvalue weighted by Crippen LogP contribution is 2.44. The van der Waals surface area contributed by atoms with Crippen LogP contribution in [-0.4, -0.2) is 24.9 Å². The van der Waals surface area contributed by atoms with Crippen LogP contribution in [0.2, 0.25) is 0 Å². The zero-order chi connectivity index (χ0) is 16.2. The second-order valence-electron chi connectivity index (χ2n) is 5.37. The summed E-state index contributed by atoms with van der Waals surface area (Å²) < 4.78 is 5.32. The molecular formula is C18H16N2O3. The molecule has 1 unspecified atom stereocenters. The lowest BCUT2D eigenvalue weighted by Gasteiger charge is -2.15. The van der Waals surface area contributed by atoms with E-state index < -0.39 is 12.3 Å². The van der Waals surface area contributed by atoms with Gasteiger partial charge in [0, 0.05) is 5.92 Å². The number of hydrogen-bond acceptors (Lipinski definition) is 4. The molecule has 1 amide bonds. The van der Waals surface area contributed by atoms with Crippen molar-refractivity contribution in [3.63, 3.8) is 0 Å². The molecule has 3 rings (SSSR count). The van der Waals surface area contributed by atoms with E-state index in [4.69, 9.17) is 4.74 Å². The van der Waals surface area contributed by atoms with E-state index in [1.165, 1.54) is 17.2 Å². The van der Waals surface area contributed by atoms with Crippen molar-refractivity contribution in [1.82, 2.24) is 5.32 Å². The van der Waals surface area contributed by atoms with Crippen LogP contribution in [0.15, 0.2) is 53.5 Å². The quantitative estimate of drug-likeness (QED) is 0.696. The van der Waals surface area contributed by atoms with Gasteiger partial charge in [0.05, 0.1) is 0 Å². The summed E-state index contributed by atoms with van der Waals surface area (Å²) in [4.78, 5) is 25.3. The number of benzene rings is 2. The Bertz CT molecular complexity index is 736. The molecule has 23 heavy (non-hydrogen) atoms. The number of carbonyl (C=O) groups is 1. The largest absolute Gasteiger partial charge is 0.449 e. The predicted octanol–water partition coefficient (Wildman–Crippen LogP) is 3.21. The summed E-state index contributed by atoms with van der Waals surface area (Å²) in [6.45, 7) is 1.81. The van der Waals surface area contributed by atoms with Crippen LogP contribution in [0, 0.1) is 0 Å². The van der Waals surface area contributed by atoms with E-state index in [0.29, 0.717) is 0 Å². The molecule has 0 spiro atoms. The number of rotatable bonds is 4. The fraction of sp³-hybridized carbons (Fsp3) is 0.222. The number of ether oxygens (including phenoxy) is 1. The van der Waals surface area contributed by atoms with Gasteiger partial charge in [-0.25, -0.2) is 9.59 Å². The van der Waals surface area contributed by atoms with Gasteiger partial charge < -0.3 is 4.74 Å². The zero-order valence-electron chi connectivity index (χ0n) is 12.7. The number of amides is 1. The fourth-order valence-corrected chi connectivity index (χ4v) is 2.92. The van der Waals surface area contributed by atoms with E-state index in [9.17, 15) is 9.59 Å². The van der Waals surface area contributed by atoms with Gasteiger partial charge in [0.15, 0.2) is 0 Å². The van der Waals surface area contributed by atoms with Crippen molar-refractivity contribution in [1.29, 1.82) is 0 Å². The summed E-state index contributed by atoms with van der Waals surface area (Å²) in [7, 11) is 0. The van der Waals surface area contributed by atoms with Crippen molar-refractivity contribution in [3.8, 4) is 11.1 Å². The molecular weight excluding hydrogens is 292 g/mol. The molecule has 1 atom stereocenters. The molecule has 0 fully saturated rings. The summed E-state index contributed by atoms with van der Waals surface area (Å²) in [5, 5.41) is 2.46. The highest BCUT2D eigenvalue weighted by molar-refractivity contribution is 5.79. The average molecular weight is 308 g/mol. The van der Waals surface area contributed by atoms with Gasteiger partial charge in [-0.15, -0.1) is 0 Å². The molecule has 0 heterocycles. The van der Waals surface area contributed by atoms with Crippen LogP contribution in [0.1, 0.15) is 24.0 Å². The van der Waals surface area contributed by atoms with Gasteiger partial charge in [-0.2, -0.15) is 4.99 Å². The molecule has 0 radical (unpaired) electrons. The summed E-state index contributed by atoms with van der Waals surface area (Å²) >= 11 is 0. The lowest BCUT2D eigenvalue weighted by molar-refractivity contribution is 0.140. The van der Waals surface area contributed by atoms with E-state index in [1.54, 1.807) is 6.92 Å². The molecule has 5 nitrogen and oxygen atoms in total. The van der Waals surface area contributed by atoms with Crippen molar-refractivity contribution < 1.29 is 14.3 Å². The molecule has 0 aliphatic heterocycles. The molecule has 5 heteroatoms. The van der Waals surface area contributed by atoms with E-state index in [2.05, 4.69) is 34.6 Å². The maximum absolute atomic E-state index is 11.8. The second-order valence-corrected chi connectivity index (χ2v) is 5.37. The lowest BCUT2D eigenvalue weighted by Crippen LogP contribution is -2.32. The van der Waals surface area contributed by atoms with Crippen molar-refractivity contribution in [2.24, 2.45) is 4.99 Å². The number of hydrogen-bond donors (Lipinski definition) is 1. The number of fused-ring (bicyclic) bond motifs is 3. The Morgan fingerprint density at radius 3 is 2.30 bits per heavy atom. The third-order valence-electron chi connectivity index (χ3n) is 3.92. The monoisotopic (exact) mass is 308 g/mol. The first kappa shape index (κ1) is 15.0. The molecule has 0 saturated heterocycles. The van der Waals surface area contributed by atoms with Gasteiger partial charge in [0.1, 0.15) is 12.8 Å². The maximum atomic E-state index is 11.8. The predicted molar refractivity (Wildman–Crippen MR) is 85.8 cm³/mol. The minimum absolute atomic E-state index is 0.0121. The number of aliphatic imine (C=N–C) groups is 1. The van der Waals surface area contributed by atoms with Gasteiger partial charge in [0.2, 0.25) is 6.08 Å². The maximum Gasteiger partial charge on any atom is 0.408 e. The van der Waals surface area contributed by atoms with Crippen LogP contribution in [0.4, 0.5) is 4.79 Å². The molecule has 116 valence electrons.